The van der Waals surface area contributed by atoms with Gasteiger partial charge in [-0.2, -0.15) is 15.1 Å². The van der Waals surface area contributed by atoms with Crippen molar-refractivity contribution in [2.24, 2.45) is 16.1 Å². The molecule has 3 rings (SSSR count). The van der Waals surface area contributed by atoms with E-state index in [1.165, 1.54) is 0 Å². The van der Waals surface area contributed by atoms with Gasteiger partial charge in [-0.1, -0.05) is 29.3 Å². The Morgan fingerprint density at radius 2 is 1.89 bits per heavy atom. The zero-order chi connectivity index (χ0) is 19.6. The van der Waals surface area contributed by atoms with Crippen molar-refractivity contribution in [3.8, 4) is 0 Å². The van der Waals surface area contributed by atoms with Gasteiger partial charge in [0.05, 0.1) is 17.8 Å². The van der Waals surface area contributed by atoms with Crippen LogP contribution in [0.3, 0.4) is 0 Å². The summed E-state index contributed by atoms with van der Waals surface area (Å²) in [6, 6.07) is 6.86. The molecule has 0 saturated heterocycles. The van der Waals surface area contributed by atoms with E-state index in [4.69, 9.17) is 17.3 Å². The van der Waals surface area contributed by atoms with Crippen LogP contribution in [0.15, 0.2) is 34.5 Å². The predicted molar refractivity (Wildman–Crippen MR) is 101 cm³/mol. The summed E-state index contributed by atoms with van der Waals surface area (Å²) in [5.41, 5.74) is 7.55. The molecule has 144 valence electrons. The van der Waals surface area contributed by atoms with Crippen molar-refractivity contribution in [2.75, 3.05) is 17.7 Å². The Morgan fingerprint density at radius 3 is 2.52 bits per heavy atom. The first kappa shape index (κ1) is 19.4. The van der Waals surface area contributed by atoms with Gasteiger partial charge in [0.2, 0.25) is 5.95 Å². The smallest absolute Gasteiger partial charge is 0.223 e. The fourth-order valence-corrected chi connectivity index (χ4v) is 3.19. The molecule has 27 heavy (non-hydrogen) atoms. The maximum atomic E-state index is 10.2. The summed E-state index contributed by atoms with van der Waals surface area (Å²) >= 11 is 6.16. The molecule has 9 nitrogen and oxygen atoms in total. The minimum absolute atomic E-state index is 0.00704. The average Bonchev–Trinajstić information content (AvgIpc) is 2.90. The number of nitrogens with one attached hydrogen (secondary N) is 1. The van der Waals surface area contributed by atoms with Crippen molar-refractivity contribution in [3.63, 3.8) is 0 Å². The molecule has 0 bridgehead atoms. The molecule has 0 radical (unpaired) electrons. The summed E-state index contributed by atoms with van der Waals surface area (Å²) in [6.07, 6.45) is -1.78. The molecule has 4 atom stereocenters. The number of aliphatic hydroxyl groups is 3. The number of aryl methyl sites for hydroxylation is 1. The van der Waals surface area contributed by atoms with Crippen LogP contribution in [0.25, 0.3) is 0 Å². The highest BCUT2D eigenvalue weighted by molar-refractivity contribution is 6.32. The molecule has 1 aliphatic carbocycles. The number of azo groups is 1. The number of rotatable bonds is 5. The van der Waals surface area contributed by atoms with Gasteiger partial charge < -0.3 is 26.4 Å². The summed E-state index contributed by atoms with van der Waals surface area (Å²) in [7, 11) is 0. The Morgan fingerprint density at radius 1 is 1.19 bits per heavy atom. The SMILES string of the molecule is Cc1ccc(N=Nc2c(Cl)nc(N)nc2N[C@@H]2C[C@H](CO)[C@@H](O)[C@H]2O)cc1. The first-order chi connectivity index (χ1) is 12.9. The summed E-state index contributed by atoms with van der Waals surface area (Å²) in [4.78, 5) is 7.98. The molecule has 10 heteroatoms. The van der Waals surface area contributed by atoms with Crippen LogP contribution in [0.5, 0.6) is 0 Å². The van der Waals surface area contributed by atoms with Crippen molar-refractivity contribution in [3.05, 3.63) is 35.0 Å². The highest BCUT2D eigenvalue weighted by Gasteiger charge is 2.41. The third-order valence-electron chi connectivity index (χ3n) is 4.52. The average molecular weight is 393 g/mol. The molecule has 0 aliphatic heterocycles. The van der Waals surface area contributed by atoms with Gasteiger partial charge in [-0.15, -0.1) is 5.11 Å². The number of hydrogen-bond donors (Lipinski definition) is 5. The van der Waals surface area contributed by atoms with Crippen molar-refractivity contribution < 1.29 is 15.3 Å². The van der Waals surface area contributed by atoms with Gasteiger partial charge in [0.1, 0.15) is 6.10 Å². The topological polar surface area (TPSA) is 149 Å². The Balaban J connectivity index is 1.88. The lowest BCUT2D eigenvalue weighted by molar-refractivity contribution is 0.00446. The Labute approximate surface area is 160 Å². The van der Waals surface area contributed by atoms with Crippen LogP contribution in [-0.2, 0) is 0 Å². The molecule has 6 N–H and O–H groups in total. The number of hydrogen-bond acceptors (Lipinski definition) is 9. The monoisotopic (exact) mass is 392 g/mol. The van der Waals surface area contributed by atoms with Gasteiger partial charge in [-0.3, -0.25) is 0 Å². The van der Waals surface area contributed by atoms with Crippen LogP contribution in [0.4, 0.5) is 23.1 Å². The number of nitrogens with zero attached hydrogens (tertiary/aromatic N) is 4. The summed E-state index contributed by atoms with van der Waals surface area (Å²) < 4.78 is 0. The molecule has 2 aromatic rings. The van der Waals surface area contributed by atoms with Crippen LogP contribution < -0.4 is 11.1 Å². The second-order valence-corrected chi connectivity index (χ2v) is 6.87. The highest BCUT2D eigenvalue weighted by atomic mass is 35.5. The number of aromatic nitrogens is 2. The molecule has 1 heterocycles. The van der Waals surface area contributed by atoms with E-state index in [1.54, 1.807) is 12.1 Å². The van der Waals surface area contributed by atoms with E-state index in [2.05, 4.69) is 25.5 Å². The zero-order valence-corrected chi connectivity index (χ0v) is 15.4. The number of benzene rings is 1. The minimum Gasteiger partial charge on any atom is -0.396 e. The third-order valence-corrected chi connectivity index (χ3v) is 4.78. The molecule has 1 aromatic carbocycles. The van der Waals surface area contributed by atoms with Gasteiger partial charge in [0, 0.05) is 12.5 Å². The normalized spacial score (nSPS) is 25.2. The molecular formula is C17H21ClN6O3. The van der Waals surface area contributed by atoms with Crippen molar-refractivity contribution in [1.29, 1.82) is 0 Å². The molecule has 1 aliphatic rings. The largest absolute Gasteiger partial charge is 0.396 e. The van der Waals surface area contributed by atoms with Crippen LogP contribution in [0.1, 0.15) is 12.0 Å². The van der Waals surface area contributed by atoms with E-state index in [-0.39, 0.29) is 29.2 Å². The van der Waals surface area contributed by atoms with E-state index >= 15 is 0 Å². The van der Waals surface area contributed by atoms with Crippen LogP contribution >= 0.6 is 11.6 Å². The van der Waals surface area contributed by atoms with Gasteiger partial charge in [0.25, 0.3) is 0 Å². The first-order valence-corrected chi connectivity index (χ1v) is 8.81. The fourth-order valence-electron chi connectivity index (χ4n) is 2.98. The highest BCUT2D eigenvalue weighted by Crippen LogP contribution is 2.36. The standard InChI is InChI=1S/C17H21ClN6O3/c1-8-2-4-10(5-3-8)23-24-12-15(18)21-17(19)22-16(12)20-11-6-9(7-25)13(26)14(11)27/h2-5,9,11,13-14,25-27H,6-7H2,1H3,(H3,19,20,21,22)/t9-,11-,13-,14+/m1/s1. The minimum atomic E-state index is -1.08. The van der Waals surface area contributed by atoms with Gasteiger partial charge in [0.15, 0.2) is 16.7 Å². The van der Waals surface area contributed by atoms with E-state index in [0.29, 0.717) is 12.1 Å². The summed E-state index contributed by atoms with van der Waals surface area (Å²) in [6.45, 7) is 1.73. The number of aliphatic hydroxyl groups excluding tert-OH is 3. The molecule has 1 aromatic heterocycles. The van der Waals surface area contributed by atoms with Crippen molar-refractivity contribution in [2.45, 2.75) is 31.6 Å². The van der Waals surface area contributed by atoms with E-state index in [9.17, 15) is 15.3 Å². The van der Waals surface area contributed by atoms with Gasteiger partial charge in [-0.05, 0) is 25.5 Å². The van der Waals surface area contributed by atoms with Crippen LogP contribution in [0, 0.1) is 12.8 Å². The number of halogens is 1. The Kier molecular flexibility index (Phi) is 5.85. The molecule has 0 unspecified atom stereocenters. The van der Waals surface area contributed by atoms with E-state index in [0.717, 1.165) is 5.56 Å². The third kappa shape index (κ3) is 4.33. The second kappa shape index (κ2) is 8.13. The molecule has 0 spiro atoms. The predicted octanol–water partition coefficient (Wildman–Crippen LogP) is 1.95. The van der Waals surface area contributed by atoms with Crippen molar-refractivity contribution >= 4 is 34.7 Å². The summed E-state index contributed by atoms with van der Waals surface area (Å²) in [5.74, 6) is -0.313. The number of anilines is 2. The number of nitrogen functional groups attached to an aromatic ring is 1. The molecule has 1 fully saturated rings. The van der Waals surface area contributed by atoms with Crippen LogP contribution in [0.2, 0.25) is 5.15 Å². The zero-order valence-electron chi connectivity index (χ0n) is 14.6. The maximum Gasteiger partial charge on any atom is 0.223 e. The second-order valence-electron chi connectivity index (χ2n) is 6.52. The fraction of sp³-hybridized carbons (Fsp3) is 0.412. The van der Waals surface area contributed by atoms with Crippen molar-refractivity contribution in [1.82, 2.24) is 9.97 Å². The Bertz CT molecular complexity index is 832. The van der Waals surface area contributed by atoms with Gasteiger partial charge in [-0.25, -0.2) is 0 Å². The lowest BCUT2D eigenvalue weighted by atomic mass is 10.1. The first-order valence-electron chi connectivity index (χ1n) is 8.44. The maximum absolute atomic E-state index is 10.2. The molecular weight excluding hydrogens is 372 g/mol. The van der Waals surface area contributed by atoms with E-state index in [1.807, 2.05) is 19.1 Å². The lowest BCUT2D eigenvalue weighted by Gasteiger charge is -2.19. The molecule has 0 amide bonds. The Hall–Kier alpha value is -2.33. The lowest BCUT2D eigenvalue weighted by Crippen LogP contribution is -2.35. The molecule has 1 saturated carbocycles. The number of nitrogens with two attached hydrogens (primary N) is 1. The van der Waals surface area contributed by atoms with Crippen LogP contribution in [-0.4, -0.2) is 50.1 Å². The summed E-state index contributed by atoms with van der Waals surface area (Å²) in [5, 5.41) is 40.8. The van der Waals surface area contributed by atoms with E-state index < -0.39 is 24.2 Å². The van der Waals surface area contributed by atoms with Gasteiger partial charge >= 0.3 is 0 Å². The quantitative estimate of drug-likeness (QED) is 0.385.